The maximum Gasteiger partial charge on any atom is 0.266 e. The van der Waals surface area contributed by atoms with E-state index in [9.17, 15) is 18.4 Å². The van der Waals surface area contributed by atoms with Crippen molar-refractivity contribution in [2.75, 3.05) is 25.5 Å². The van der Waals surface area contributed by atoms with E-state index in [0.717, 1.165) is 51.5 Å². The number of rotatable bonds is 9. The van der Waals surface area contributed by atoms with Crippen molar-refractivity contribution < 1.29 is 18.3 Å². The van der Waals surface area contributed by atoms with E-state index in [0.29, 0.717) is 23.5 Å². The highest BCUT2D eigenvalue weighted by atomic mass is 19.2. The van der Waals surface area contributed by atoms with Crippen LogP contribution >= 0.6 is 0 Å². The number of fused-ring (bicyclic) bond motifs is 1. The molecule has 0 aliphatic carbocycles. The predicted octanol–water partition coefficient (Wildman–Crippen LogP) is 3.96. The van der Waals surface area contributed by atoms with Gasteiger partial charge in [0.25, 0.3) is 11.5 Å². The number of ether oxygens (including phenoxy) is 1. The molecule has 0 saturated heterocycles. The summed E-state index contributed by atoms with van der Waals surface area (Å²) in [4.78, 5) is 38.1. The molecule has 9 nitrogen and oxygen atoms in total. The lowest BCUT2D eigenvalue weighted by Gasteiger charge is -2.09. The van der Waals surface area contributed by atoms with Crippen molar-refractivity contribution in [2.45, 2.75) is 13.0 Å². The van der Waals surface area contributed by atoms with E-state index in [1.165, 1.54) is 18.7 Å². The van der Waals surface area contributed by atoms with Gasteiger partial charge < -0.3 is 15.4 Å². The summed E-state index contributed by atoms with van der Waals surface area (Å²) in [5.74, 6) is 4.72. The van der Waals surface area contributed by atoms with Crippen molar-refractivity contribution in [1.29, 1.82) is 0 Å². The second kappa shape index (κ2) is 13.4. The van der Waals surface area contributed by atoms with Gasteiger partial charge in [-0.15, -0.1) is 0 Å². The summed E-state index contributed by atoms with van der Waals surface area (Å²) < 4.78 is 33.1. The Morgan fingerprint density at radius 3 is 2.60 bits per heavy atom. The van der Waals surface area contributed by atoms with Gasteiger partial charge in [-0.25, -0.2) is 23.7 Å². The van der Waals surface area contributed by atoms with Crippen LogP contribution in [0, 0.1) is 23.5 Å². The average molecular weight is 581 g/mol. The zero-order valence-corrected chi connectivity index (χ0v) is 23.1. The molecule has 5 rings (SSSR count). The molecule has 3 aromatic carbocycles. The van der Waals surface area contributed by atoms with E-state index < -0.39 is 23.1 Å². The SMILES string of the molecule is COc1ccc(CCNc2ncnc3ccc(C#CCNC(=O)c4cncn(Cc5ccc(F)c(F)c5)c4=O)cc23)cc1. The molecule has 1 amide bonds. The third-order valence-electron chi connectivity index (χ3n) is 6.55. The van der Waals surface area contributed by atoms with Gasteiger partial charge >= 0.3 is 0 Å². The van der Waals surface area contributed by atoms with Gasteiger partial charge in [0.1, 0.15) is 23.5 Å². The molecule has 0 aliphatic rings. The molecule has 0 aliphatic heterocycles. The standard InChI is InChI=1S/C32H26F2N6O3/c1-43-24-8-4-21(5-9-24)12-14-36-30-25-15-22(7-11-29(25)38-19-39-30)3-2-13-37-31(41)26-17-35-20-40(32(26)42)18-23-6-10-27(33)28(34)16-23/h4-11,15-17,19-20H,12-14,18H2,1H3,(H,37,41)(H,36,38,39). The van der Waals surface area contributed by atoms with E-state index in [-0.39, 0.29) is 18.7 Å². The molecule has 0 spiro atoms. The number of carbonyl (C=O) groups excluding carboxylic acids is 1. The number of benzene rings is 3. The summed E-state index contributed by atoms with van der Waals surface area (Å²) in [5.41, 5.74) is 2.16. The zero-order valence-electron chi connectivity index (χ0n) is 23.1. The Balaban J connectivity index is 1.21. The van der Waals surface area contributed by atoms with Crippen molar-refractivity contribution in [1.82, 2.24) is 24.8 Å². The van der Waals surface area contributed by atoms with Crippen LogP contribution in [0.2, 0.25) is 0 Å². The summed E-state index contributed by atoms with van der Waals surface area (Å²) in [7, 11) is 1.64. The Hall–Kier alpha value is -5.63. The lowest BCUT2D eigenvalue weighted by Crippen LogP contribution is -2.33. The topological polar surface area (TPSA) is 111 Å². The Kier molecular flexibility index (Phi) is 8.97. The van der Waals surface area contributed by atoms with Crippen molar-refractivity contribution in [3.05, 3.63) is 124 Å². The van der Waals surface area contributed by atoms with E-state index in [1.54, 1.807) is 7.11 Å². The van der Waals surface area contributed by atoms with E-state index in [4.69, 9.17) is 4.74 Å². The average Bonchev–Trinajstić information content (AvgIpc) is 3.02. The van der Waals surface area contributed by atoms with Gasteiger partial charge in [-0.2, -0.15) is 0 Å². The smallest absolute Gasteiger partial charge is 0.266 e. The van der Waals surface area contributed by atoms with Crippen LogP contribution in [0.4, 0.5) is 14.6 Å². The first-order valence-electron chi connectivity index (χ1n) is 13.3. The number of carbonyl (C=O) groups is 1. The molecule has 0 atom stereocenters. The molecule has 2 aromatic heterocycles. The van der Waals surface area contributed by atoms with Gasteiger partial charge in [0.05, 0.1) is 32.0 Å². The molecule has 0 unspecified atom stereocenters. The summed E-state index contributed by atoms with van der Waals surface area (Å²) in [6, 6.07) is 16.8. The number of nitrogens with one attached hydrogen (secondary N) is 2. The van der Waals surface area contributed by atoms with Crippen molar-refractivity contribution in [3.8, 4) is 17.6 Å². The highest BCUT2D eigenvalue weighted by Crippen LogP contribution is 2.21. The van der Waals surface area contributed by atoms with Crippen LogP contribution < -0.4 is 20.9 Å². The van der Waals surface area contributed by atoms with Gasteiger partial charge in [-0.3, -0.25) is 14.2 Å². The number of aromatic nitrogens is 4. The fraction of sp³-hybridized carbons (Fsp3) is 0.156. The molecular weight excluding hydrogens is 554 g/mol. The zero-order chi connectivity index (χ0) is 30.2. The molecule has 216 valence electrons. The largest absolute Gasteiger partial charge is 0.497 e. The third kappa shape index (κ3) is 7.18. The van der Waals surface area contributed by atoms with E-state index in [1.807, 2.05) is 42.5 Å². The van der Waals surface area contributed by atoms with Crippen LogP contribution in [0.25, 0.3) is 10.9 Å². The molecule has 43 heavy (non-hydrogen) atoms. The quantitative estimate of drug-likeness (QED) is 0.254. The van der Waals surface area contributed by atoms with Gasteiger partial charge in [0, 0.05) is 23.7 Å². The number of hydrogen-bond donors (Lipinski definition) is 2. The normalized spacial score (nSPS) is 10.6. The maximum absolute atomic E-state index is 13.5. The molecule has 0 bridgehead atoms. The fourth-order valence-corrected chi connectivity index (χ4v) is 4.31. The van der Waals surface area contributed by atoms with Crippen molar-refractivity contribution >= 4 is 22.6 Å². The van der Waals surface area contributed by atoms with Gasteiger partial charge in [-0.1, -0.05) is 30.0 Å². The Morgan fingerprint density at radius 1 is 1.00 bits per heavy atom. The van der Waals surface area contributed by atoms with Crippen molar-refractivity contribution in [2.24, 2.45) is 0 Å². The lowest BCUT2D eigenvalue weighted by molar-refractivity contribution is 0.0956. The molecule has 2 heterocycles. The minimum absolute atomic E-state index is 0.0212. The van der Waals surface area contributed by atoms with Crippen LogP contribution in [0.5, 0.6) is 5.75 Å². The number of halogens is 2. The molecular formula is C32H26F2N6O3. The lowest BCUT2D eigenvalue weighted by atomic mass is 10.1. The number of nitrogens with zero attached hydrogens (tertiary/aromatic N) is 4. The van der Waals surface area contributed by atoms with E-state index >= 15 is 0 Å². The Morgan fingerprint density at radius 2 is 1.81 bits per heavy atom. The maximum atomic E-state index is 13.5. The minimum atomic E-state index is -1.03. The molecule has 2 N–H and O–H groups in total. The Bertz CT molecular complexity index is 1900. The number of methoxy groups -OCH3 is 1. The van der Waals surface area contributed by atoms with E-state index in [2.05, 4.69) is 37.4 Å². The molecule has 0 fully saturated rings. The Labute approximate surface area is 245 Å². The second-order valence-corrected chi connectivity index (χ2v) is 9.45. The first-order chi connectivity index (χ1) is 20.9. The predicted molar refractivity (Wildman–Crippen MR) is 158 cm³/mol. The molecule has 11 heteroatoms. The van der Waals surface area contributed by atoms with Crippen LogP contribution in [-0.2, 0) is 13.0 Å². The number of hydrogen-bond acceptors (Lipinski definition) is 7. The third-order valence-corrected chi connectivity index (χ3v) is 6.55. The highest BCUT2D eigenvalue weighted by molar-refractivity contribution is 5.93. The second-order valence-electron chi connectivity index (χ2n) is 9.45. The summed E-state index contributed by atoms with van der Waals surface area (Å²) >= 11 is 0. The fourth-order valence-electron chi connectivity index (χ4n) is 4.31. The first kappa shape index (κ1) is 28.9. The van der Waals surface area contributed by atoms with Crippen LogP contribution in [0.1, 0.15) is 27.0 Å². The monoisotopic (exact) mass is 580 g/mol. The molecule has 5 aromatic rings. The molecule has 0 saturated carbocycles. The summed E-state index contributed by atoms with van der Waals surface area (Å²) in [6.45, 7) is 0.567. The minimum Gasteiger partial charge on any atom is -0.497 e. The van der Waals surface area contributed by atoms with Gasteiger partial charge in [0.2, 0.25) is 0 Å². The number of amides is 1. The van der Waals surface area contributed by atoms with Crippen LogP contribution in [0.15, 0.2) is 84.3 Å². The number of anilines is 1. The summed E-state index contributed by atoms with van der Waals surface area (Å²) in [6.07, 6.45) is 4.68. The van der Waals surface area contributed by atoms with Crippen LogP contribution in [0.3, 0.4) is 0 Å². The summed E-state index contributed by atoms with van der Waals surface area (Å²) in [5, 5.41) is 6.77. The first-order valence-corrected chi connectivity index (χ1v) is 13.3. The molecule has 0 radical (unpaired) electrons. The highest BCUT2D eigenvalue weighted by Gasteiger charge is 2.13. The van der Waals surface area contributed by atoms with Gasteiger partial charge in [0.15, 0.2) is 11.6 Å². The van der Waals surface area contributed by atoms with Crippen LogP contribution in [-0.4, -0.2) is 45.6 Å². The van der Waals surface area contributed by atoms with Crippen molar-refractivity contribution in [3.63, 3.8) is 0 Å². The van der Waals surface area contributed by atoms with Gasteiger partial charge in [-0.05, 0) is 60.0 Å².